The van der Waals surface area contributed by atoms with Crippen molar-refractivity contribution in [1.29, 1.82) is 5.26 Å². The summed E-state index contributed by atoms with van der Waals surface area (Å²) in [6.45, 7) is 0.481. The zero-order chi connectivity index (χ0) is 14.4. The zero-order valence-corrected chi connectivity index (χ0v) is 11.9. The van der Waals surface area contributed by atoms with Crippen LogP contribution in [0.25, 0.3) is 0 Å². The highest BCUT2D eigenvalue weighted by Gasteiger charge is 2.53. The van der Waals surface area contributed by atoms with Gasteiger partial charge in [-0.05, 0) is 55.2 Å². The first kappa shape index (κ1) is 13.4. The van der Waals surface area contributed by atoms with E-state index >= 15 is 0 Å². The van der Waals surface area contributed by atoms with Gasteiger partial charge in [-0.3, -0.25) is 0 Å². The number of hydrogen-bond acceptors (Lipinski definition) is 4. The molecule has 1 aromatic rings. The molecule has 1 aromatic carbocycles. The maximum absolute atomic E-state index is 12.3. The van der Waals surface area contributed by atoms with Crippen LogP contribution in [0.15, 0.2) is 23.1 Å². The van der Waals surface area contributed by atoms with Crippen LogP contribution in [0.5, 0.6) is 0 Å². The van der Waals surface area contributed by atoms with Crippen LogP contribution in [0.3, 0.4) is 0 Å². The molecule has 2 aliphatic rings. The Morgan fingerprint density at radius 2 is 2.10 bits per heavy atom. The summed E-state index contributed by atoms with van der Waals surface area (Å²) in [5, 5.41) is 9.05. The first-order chi connectivity index (χ1) is 9.47. The summed E-state index contributed by atoms with van der Waals surface area (Å²) in [7, 11) is -3.65. The van der Waals surface area contributed by atoms with Crippen LogP contribution in [0, 0.1) is 22.7 Å². The number of anilines is 1. The highest BCUT2D eigenvalue weighted by atomic mass is 32.2. The number of nitriles is 1. The van der Waals surface area contributed by atoms with Crippen molar-refractivity contribution in [2.75, 3.05) is 12.3 Å². The molecule has 0 unspecified atom stereocenters. The molecule has 0 amide bonds. The van der Waals surface area contributed by atoms with Gasteiger partial charge in [0.05, 0.1) is 10.5 Å². The second kappa shape index (κ2) is 4.47. The SMILES string of the molecule is N#Cc1cc(N)ccc1S(=O)(=O)NCC1(C2CC2)CC1. The van der Waals surface area contributed by atoms with Crippen LogP contribution < -0.4 is 10.5 Å². The Morgan fingerprint density at radius 3 is 2.65 bits per heavy atom. The minimum absolute atomic E-state index is 0.0146. The van der Waals surface area contributed by atoms with Crippen LogP contribution in [0.1, 0.15) is 31.2 Å². The summed E-state index contributed by atoms with van der Waals surface area (Å²) in [5.74, 6) is 0.687. The lowest BCUT2D eigenvalue weighted by Crippen LogP contribution is -2.31. The van der Waals surface area contributed by atoms with Gasteiger partial charge in [0.15, 0.2) is 0 Å². The molecule has 0 aliphatic heterocycles. The van der Waals surface area contributed by atoms with Crippen LogP contribution in [-0.4, -0.2) is 15.0 Å². The first-order valence-electron chi connectivity index (χ1n) is 6.76. The second-order valence-electron chi connectivity index (χ2n) is 5.83. The molecular formula is C14H17N3O2S. The Kier molecular flexibility index (Phi) is 3.00. The molecule has 0 radical (unpaired) electrons. The Hall–Kier alpha value is -1.58. The fourth-order valence-electron chi connectivity index (χ4n) is 2.77. The molecule has 0 heterocycles. The molecule has 3 N–H and O–H groups in total. The largest absolute Gasteiger partial charge is 0.399 e. The summed E-state index contributed by atoms with van der Waals surface area (Å²) in [4.78, 5) is 0.0146. The van der Waals surface area contributed by atoms with E-state index in [2.05, 4.69) is 4.72 Å². The predicted molar refractivity (Wildman–Crippen MR) is 75.1 cm³/mol. The average molecular weight is 291 g/mol. The van der Waals surface area contributed by atoms with Gasteiger partial charge in [0, 0.05) is 12.2 Å². The van der Waals surface area contributed by atoms with Crippen molar-refractivity contribution in [3.63, 3.8) is 0 Å². The van der Waals surface area contributed by atoms with Crippen molar-refractivity contribution in [1.82, 2.24) is 4.72 Å². The molecule has 0 bridgehead atoms. The number of nitrogens with two attached hydrogens (primary N) is 1. The van der Waals surface area contributed by atoms with Crippen LogP contribution in [0.4, 0.5) is 5.69 Å². The van der Waals surface area contributed by atoms with E-state index in [1.807, 2.05) is 6.07 Å². The van der Waals surface area contributed by atoms with Crippen molar-refractivity contribution in [2.24, 2.45) is 11.3 Å². The number of benzene rings is 1. The lowest BCUT2D eigenvalue weighted by molar-refractivity contribution is 0.432. The Bertz CT molecular complexity index is 683. The molecule has 106 valence electrons. The number of sulfonamides is 1. The van der Waals surface area contributed by atoms with Crippen molar-refractivity contribution in [3.8, 4) is 6.07 Å². The van der Waals surface area contributed by atoms with Crippen LogP contribution >= 0.6 is 0 Å². The minimum Gasteiger partial charge on any atom is -0.399 e. The highest BCUT2D eigenvalue weighted by molar-refractivity contribution is 7.89. The number of rotatable bonds is 5. The summed E-state index contributed by atoms with van der Waals surface area (Å²) in [6.07, 6.45) is 4.64. The van der Waals surface area contributed by atoms with Gasteiger partial charge in [0.1, 0.15) is 6.07 Å². The normalized spacial score (nSPS) is 20.4. The van der Waals surface area contributed by atoms with Gasteiger partial charge < -0.3 is 5.73 Å². The van der Waals surface area contributed by atoms with E-state index in [0.29, 0.717) is 18.2 Å². The summed E-state index contributed by atoms with van der Waals surface area (Å²) in [6, 6.07) is 6.18. The molecule has 0 spiro atoms. The van der Waals surface area contributed by atoms with Crippen molar-refractivity contribution >= 4 is 15.7 Å². The van der Waals surface area contributed by atoms with Gasteiger partial charge in [-0.15, -0.1) is 0 Å². The molecular weight excluding hydrogens is 274 g/mol. The number of nitrogens with one attached hydrogen (secondary N) is 1. The summed E-state index contributed by atoms with van der Waals surface area (Å²) in [5.41, 5.74) is 6.25. The van der Waals surface area contributed by atoms with Gasteiger partial charge >= 0.3 is 0 Å². The number of nitrogens with zero attached hydrogens (tertiary/aromatic N) is 1. The van der Waals surface area contributed by atoms with E-state index in [1.54, 1.807) is 0 Å². The molecule has 0 saturated heterocycles. The van der Waals surface area contributed by atoms with E-state index in [9.17, 15) is 8.42 Å². The Labute approximate surface area is 118 Å². The molecule has 3 rings (SSSR count). The van der Waals surface area contributed by atoms with E-state index in [4.69, 9.17) is 11.0 Å². The molecule has 2 fully saturated rings. The lowest BCUT2D eigenvalue weighted by atomic mass is 10.0. The van der Waals surface area contributed by atoms with E-state index in [1.165, 1.54) is 31.0 Å². The molecule has 20 heavy (non-hydrogen) atoms. The average Bonchev–Trinajstić information content (AvgIpc) is 3.27. The molecule has 0 atom stereocenters. The zero-order valence-electron chi connectivity index (χ0n) is 11.1. The second-order valence-corrected chi connectivity index (χ2v) is 7.56. The molecule has 6 heteroatoms. The topological polar surface area (TPSA) is 96.0 Å². The van der Waals surface area contributed by atoms with Gasteiger partial charge in [-0.2, -0.15) is 5.26 Å². The monoisotopic (exact) mass is 291 g/mol. The van der Waals surface area contributed by atoms with Gasteiger partial charge in [0.25, 0.3) is 0 Å². The predicted octanol–water partition coefficient (Wildman–Crippen LogP) is 1.61. The third-order valence-corrected chi connectivity index (χ3v) is 5.82. The van der Waals surface area contributed by atoms with E-state index < -0.39 is 10.0 Å². The fraction of sp³-hybridized carbons (Fsp3) is 0.500. The maximum Gasteiger partial charge on any atom is 0.241 e. The molecule has 5 nitrogen and oxygen atoms in total. The van der Waals surface area contributed by atoms with Gasteiger partial charge in [-0.25, -0.2) is 13.1 Å². The van der Waals surface area contributed by atoms with Crippen molar-refractivity contribution < 1.29 is 8.42 Å². The Morgan fingerprint density at radius 1 is 1.40 bits per heavy atom. The quantitative estimate of drug-likeness (QED) is 0.805. The third-order valence-electron chi connectivity index (χ3n) is 4.36. The Balaban J connectivity index is 1.80. The third kappa shape index (κ3) is 2.39. The molecule has 0 aromatic heterocycles. The van der Waals surface area contributed by atoms with Crippen LogP contribution in [0.2, 0.25) is 0 Å². The van der Waals surface area contributed by atoms with Crippen molar-refractivity contribution in [2.45, 2.75) is 30.6 Å². The molecule has 2 aliphatic carbocycles. The smallest absolute Gasteiger partial charge is 0.241 e. The summed E-state index contributed by atoms with van der Waals surface area (Å²) >= 11 is 0. The first-order valence-corrected chi connectivity index (χ1v) is 8.24. The van der Waals surface area contributed by atoms with E-state index in [-0.39, 0.29) is 15.9 Å². The fourth-order valence-corrected chi connectivity index (χ4v) is 4.05. The molecule has 2 saturated carbocycles. The number of hydrogen-bond donors (Lipinski definition) is 2. The minimum atomic E-state index is -3.65. The van der Waals surface area contributed by atoms with Crippen molar-refractivity contribution in [3.05, 3.63) is 23.8 Å². The van der Waals surface area contributed by atoms with E-state index in [0.717, 1.165) is 12.8 Å². The van der Waals surface area contributed by atoms with Crippen LogP contribution in [-0.2, 0) is 10.0 Å². The number of nitrogen functional groups attached to an aromatic ring is 1. The standard InChI is InChI=1S/C14H17N3O2S/c15-8-10-7-12(16)3-4-13(10)20(18,19)17-9-14(5-6-14)11-1-2-11/h3-4,7,11,17H,1-2,5-6,9,16H2. The van der Waals surface area contributed by atoms with Gasteiger partial charge in [-0.1, -0.05) is 0 Å². The maximum atomic E-state index is 12.3. The summed E-state index contributed by atoms with van der Waals surface area (Å²) < 4.78 is 27.3. The highest BCUT2D eigenvalue weighted by Crippen LogP contribution is 2.60. The lowest BCUT2D eigenvalue weighted by Gasteiger charge is -2.15. The van der Waals surface area contributed by atoms with Gasteiger partial charge in [0.2, 0.25) is 10.0 Å².